The first-order chi connectivity index (χ1) is 18.9. The zero-order valence-electron chi connectivity index (χ0n) is 22.6. The molecular formula is C31H38O8. The SMILES string of the molecule is C=CC(=O)OCC(COCCCCOc1ccc(C(=O)Oc2ccc(CCCCC)cc2)cc1)OC(=O)C=C. The van der Waals surface area contributed by atoms with Gasteiger partial charge in [0.1, 0.15) is 18.1 Å². The molecule has 0 bridgehead atoms. The monoisotopic (exact) mass is 538 g/mol. The van der Waals surface area contributed by atoms with Crippen LogP contribution in [0.4, 0.5) is 0 Å². The summed E-state index contributed by atoms with van der Waals surface area (Å²) in [6, 6.07) is 14.4. The predicted molar refractivity (Wildman–Crippen MR) is 148 cm³/mol. The van der Waals surface area contributed by atoms with Gasteiger partial charge in [0.15, 0.2) is 6.10 Å². The summed E-state index contributed by atoms with van der Waals surface area (Å²) in [7, 11) is 0. The van der Waals surface area contributed by atoms with E-state index in [1.165, 1.54) is 18.4 Å². The first kappa shape index (κ1) is 31.3. The Bertz CT molecular complexity index is 1040. The highest BCUT2D eigenvalue weighted by molar-refractivity contribution is 5.91. The van der Waals surface area contributed by atoms with E-state index < -0.39 is 24.0 Å². The molecule has 0 spiro atoms. The van der Waals surface area contributed by atoms with Gasteiger partial charge in [-0.05, 0) is 67.6 Å². The zero-order chi connectivity index (χ0) is 28.3. The van der Waals surface area contributed by atoms with Crippen LogP contribution in [0.2, 0.25) is 0 Å². The average Bonchev–Trinajstić information content (AvgIpc) is 2.96. The molecule has 0 saturated heterocycles. The molecule has 8 nitrogen and oxygen atoms in total. The molecule has 0 N–H and O–H groups in total. The predicted octanol–water partition coefficient (Wildman–Crippen LogP) is 5.64. The van der Waals surface area contributed by atoms with Crippen molar-refractivity contribution >= 4 is 17.9 Å². The number of carbonyl (C=O) groups is 3. The number of rotatable bonds is 19. The summed E-state index contributed by atoms with van der Waals surface area (Å²) >= 11 is 0. The van der Waals surface area contributed by atoms with Gasteiger partial charge in [-0.3, -0.25) is 0 Å². The first-order valence-electron chi connectivity index (χ1n) is 13.2. The molecule has 8 heteroatoms. The molecule has 0 aliphatic carbocycles. The van der Waals surface area contributed by atoms with Crippen molar-refractivity contribution < 1.29 is 38.1 Å². The fourth-order valence-corrected chi connectivity index (χ4v) is 3.43. The lowest BCUT2D eigenvalue weighted by atomic mass is 10.1. The molecule has 0 aliphatic rings. The number of ether oxygens (including phenoxy) is 5. The van der Waals surface area contributed by atoms with Gasteiger partial charge in [0, 0.05) is 18.8 Å². The van der Waals surface area contributed by atoms with Crippen LogP contribution in [0.3, 0.4) is 0 Å². The summed E-state index contributed by atoms with van der Waals surface area (Å²) in [6.07, 6.45) is 7.33. The van der Waals surface area contributed by atoms with Crippen molar-refractivity contribution in [2.24, 2.45) is 0 Å². The molecule has 0 saturated carbocycles. The lowest BCUT2D eigenvalue weighted by Gasteiger charge is -2.17. The molecule has 1 atom stereocenters. The molecule has 2 rings (SSSR count). The van der Waals surface area contributed by atoms with Gasteiger partial charge in [0.2, 0.25) is 0 Å². The maximum Gasteiger partial charge on any atom is 0.343 e. The summed E-state index contributed by atoms with van der Waals surface area (Å²) < 4.78 is 26.8. The minimum atomic E-state index is -0.740. The third-order valence-electron chi connectivity index (χ3n) is 5.58. The van der Waals surface area contributed by atoms with E-state index in [1.54, 1.807) is 24.3 Å². The van der Waals surface area contributed by atoms with Gasteiger partial charge in [-0.15, -0.1) is 0 Å². The van der Waals surface area contributed by atoms with E-state index in [-0.39, 0.29) is 13.2 Å². The number of hydrogen-bond donors (Lipinski definition) is 0. The van der Waals surface area contributed by atoms with E-state index in [2.05, 4.69) is 20.1 Å². The Morgan fingerprint density at radius 1 is 0.795 bits per heavy atom. The molecule has 39 heavy (non-hydrogen) atoms. The van der Waals surface area contributed by atoms with E-state index in [4.69, 9.17) is 23.7 Å². The number of unbranched alkanes of at least 4 members (excludes halogenated alkanes) is 3. The Kier molecular flexibility index (Phi) is 14.7. The Labute approximate surface area is 230 Å². The van der Waals surface area contributed by atoms with Crippen LogP contribution >= 0.6 is 0 Å². The van der Waals surface area contributed by atoms with E-state index >= 15 is 0 Å². The molecule has 0 radical (unpaired) electrons. The quantitative estimate of drug-likeness (QED) is 0.0981. The van der Waals surface area contributed by atoms with Crippen LogP contribution in [-0.4, -0.2) is 50.4 Å². The Balaban J connectivity index is 1.65. The summed E-state index contributed by atoms with van der Waals surface area (Å²) in [5.74, 6) is -0.500. The largest absolute Gasteiger partial charge is 0.494 e. The van der Waals surface area contributed by atoms with Crippen LogP contribution in [0.5, 0.6) is 11.5 Å². The minimum Gasteiger partial charge on any atom is -0.494 e. The Morgan fingerprint density at radius 3 is 2.13 bits per heavy atom. The molecule has 1 unspecified atom stereocenters. The van der Waals surface area contributed by atoms with Crippen molar-refractivity contribution in [3.8, 4) is 11.5 Å². The molecule has 0 aromatic heterocycles. The Morgan fingerprint density at radius 2 is 1.46 bits per heavy atom. The highest BCUT2D eigenvalue weighted by Crippen LogP contribution is 2.18. The standard InChI is InChI=1S/C31H38O8/c1-4-7-8-11-24-12-16-27(17-13-24)39-31(34)25-14-18-26(19-15-25)36-21-10-9-20-35-22-28(38-30(33)6-3)23-37-29(32)5-2/h5-6,12-19,28H,2-4,7-11,20-23H2,1H3. The van der Waals surface area contributed by atoms with Crippen LogP contribution in [0.25, 0.3) is 0 Å². The maximum atomic E-state index is 12.5. The summed E-state index contributed by atoms with van der Waals surface area (Å²) in [4.78, 5) is 35.1. The van der Waals surface area contributed by atoms with Crippen LogP contribution < -0.4 is 9.47 Å². The maximum absolute atomic E-state index is 12.5. The van der Waals surface area contributed by atoms with Crippen molar-refractivity contribution in [1.82, 2.24) is 0 Å². The van der Waals surface area contributed by atoms with E-state index in [0.29, 0.717) is 36.7 Å². The second-order valence-electron chi connectivity index (χ2n) is 8.74. The van der Waals surface area contributed by atoms with Crippen molar-refractivity contribution in [2.45, 2.75) is 51.6 Å². The summed E-state index contributed by atoms with van der Waals surface area (Å²) in [6.45, 7) is 9.65. The van der Waals surface area contributed by atoms with Crippen LogP contribution in [0, 0.1) is 0 Å². The van der Waals surface area contributed by atoms with E-state index in [0.717, 1.165) is 31.4 Å². The van der Waals surface area contributed by atoms with Gasteiger partial charge in [-0.1, -0.05) is 45.1 Å². The van der Waals surface area contributed by atoms with Gasteiger partial charge in [0.05, 0.1) is 18.8 Å². The number of esters is 3. The molecule has 0 amide bonds. The highest BCUT2D eigenvalue weighted by atomic mass is 16.6. The topological polar surface area (TPSA) is 97.4 Å². The third-order valence-corrected chi connectivity index (χ3v) is 5.58. The molecule has 0 heterocycles. The van der Waals surface area contributed by atoms with Crippen LogP contribution in [0.1, 0.15) is 54.9 Å². The summed E-state index contributed by atoms with van der Waals surface area (Å²) in [5.41, 5.74) is 1.68. The number of aryl methyl sites for hydroxylation is 1. The van der Waals surface area contributed by atoms with Crippen molar-refractivity contribution in [3.05, 3.63) is 85.0 Å². The normalized spacial score (nSPS) is 11.2. The molecular weight excluding hydrogens is 500 g/mol. The van der Waals surface area contributed by atoms with Crippen LogP contribution in [-0.2, 0) is 30.2 Å². The van der Waals surface area contributed by atoms with E-state index in [9.17, 15) is 14.4 Å². The van der Waals surface area contributed by atoms with Crippen molar-refractivity contribution in [2.75, 3.05) is 26.4 Å². The minimum absolute atomic E-state index is 0.0749. The lowest BCUT2D eigenvalue weighted by Crippen LogP contribution is -2.29. The second-order valence-corrected chi connectivity index (χ2v) is 8.74. The lowest BCUT2D eigenvalue weighted by molar-refractivity contribution is -0.156. The molecule has 0 aliphatic heterocycles. The number of carbonyl (C=O) groups excluding carboxylic acids is 3. The van der Waals surface area contributed by atoms with Crippen molar-refractivity contribution in [1.29, 1.82) is 0 Å². The number of hydrogen-bond acceptors (Lipinski definition) is 8. The fraction of sp³-hybridized carbons (Fsp3) is 0.387. The highest BCUT2D eigenvalue weighted by Gasteiger charge is 2.15. The van der Waals surface area contributed by atoms with E-state index in [1.807, 2.05) is 24.3 Å². The average molecular weight is 539 g/mol. The Hall–Kier alpha value is -3.91. The summed E-state index contributed by atoms with van der Waals surface area (Å²) in [5, 5.41) is 0. The number of benzene rings is 2. The van der Waals surface area contributed by atoms with Gasteiger partial charge in [0.25, 0.3) is 0 Å². The third kappa shape index (κ3) is 12.9. The van der Waals surface area contributed by atoms with Gasteiger partial charge in [-0.25, -0.2) is 14.4 Å². The molecule has 2 aromatic rings. The smallest absolute Gasteiger partial charge is 0.343 e. The fourth-order valence-electron chi connectivity index (χ4n) is 3.43. The van der Waals surface area contributed by atoms with Crippen molar-refractivity contribution in [3.63, 3.8) is 0 Å². The van der Waals surface area contributed by atoms with Crippen LogP contribution in [0.15, 0.2) is 73.8 Å². The van der Waals surface area contributed by atoms with Gasteiger partial charge < -0.3 is 23.7 Å². The zero-order valence-corrected chi connectivity index (χ0v) is 22.6. The first-order valence-corrected chi connectivity index (χ1v) is 13.2. The second kappa shape index (κ2) is 18.4. The molecule has 0 fully saturated rings. The molecule has 2 aromatic carbocycles. The van der Waals surface area contributed by atoms with Gasteiger partial charge in [-0.2, -0.15) is 0 Å². The van der Waals surface area contributed by atoms with Gasteiger partial charge >= 0.3 is 17.9 Å². The molecule has 210 valence electrons.